The quantitative estimate of drug-likeness (QED) is 0.251. The molecule has 1 aromatic heterocycles. The number of hydrogen-bond acceptors (Lipinski definition) is 11. The summed E-state index contributed by atoms with van der Waals surface area (Å²) >= 11 is 0. The first-order chi connectivity index (χ1) is 16.1. The van der Waals surface area contributed by atoms with E-state index in [0.29, 0.717) is 0 Å². The predicted molar refractivity (Wildman–Crippen MR) is 118 cm³/mol. The van der Waals surface area contributed by atoms with Gasteiger partial charge in [0.1, 0.15) is 6.33 Å². The molecule has 2 aromatic carbocycles. The van der Waals surface area contributed by atoms with Gasteiger partial charge in [-0.05, 0) is 25.1 Å². The molecule has 0 fully saturated rings. The van der Waals surface area contributed by atoms with Crippen LogP contribution in [-0.2, 0) is 10.0 Å². The van der Waals surface area contributed by atoms with Crippen LogP contribution in [0.1, 0.15) is 15.9 Å². The molecule has 16 heteroatoms. The highest BCUT2D eigenvalue weighted by Crippen LogP contribution is 2.28. The number of amides is 1. The van der Waals surface area contributed by atoms with Crippen molar-refractivity contribution in [3.63, 3.8) is 0 Å². The lowest BCUT2D eigenvalue weighted by Crippen LogP contribution is -2.32. The lowest BCUT2D eigenvalue weighted by atomic mass is 10.2. The van der Waals surface area contributed by atoms with Gasteiger partial charge in [0, 0.05) is 17.7 Å². The number of carbonyl (C=O) groups excluding carboxylic acids is 1. The van der Waals surface area contributed by atoms with Gasteiger partial charge in [0.2, 0.25) is 11.6 Å². The fourth-order valence-corrected chi connectivity index (χ4v) is 3.42. The van der Waals surface area contributed by atoms with Crippen molar-refractivity contribution in [3.05, 3.63) is 86.2 Å². The summed E-state index contributed by atoms with van der Waals surface area (Å²) in [6.07, 6.45) is 0.886. The van der Waals surface area contributed by atoms with Gasteiger partial charge in [0.15, 0.2) is 0 Å². The Balaban J connectivity index is 1.78. The molecule has 4 N–H and O–H groups in total. The summed E-state index contributed by atoms with van der Waals surface area (Å²) in [7, 11) is -4.09. The zero-order valence-corrected chi connectivity index (χ0v) is 18.1. The Morgan fingerprint density at radius 1 is 0.941 bits per heavy atom. The molecule has 0 saturated carbocycles. The molecular weight excluding hydrogens is 472 g/mol. The van der Waals surface area contributed by atoms with E-state index < -0.39 is 43.1 Å². The number of benzene rings is 2. The minimum Gasteiger partial charge on any atom is -0.286 e. The summed E-state index contributed by atoms with van der Waals surface area (Å²) in [6, 6.07) is 10.6. The molecule has 0 unspecified atom stereocenters. The summed E-state index contributed by atoms with van der Waals surface area (Å²) < 4.78 is 24.8. The van der Waals surface area contributed by atoms with Gasteiger partial charge in [-0.1, -0.05) is 23.8 Å². The van der Waals surface area contributed by atoms with Crippen LogP contribution >= 0.6 is 0 Å². The van der Waals surface area contributed by atoms with Crippen LogP contribution in [0.2, 0.25) is 0 Å². The monoisotopic (exact) mass is 488 g/mol. The molecule has 3 aromatic rings. The number of rotatable bonds is 9. The van der Waals surface area contributed by atoms with E-state index >= 15 is 0 Å². The van der Waals surface area contributed by atoms with Crippen molar-refractivity contribution < 1.29 is 23.1 Å². The van der Waals surface area contributed by atoms with Crippen molar-refractivity contribution in [1.29, 1.82) is 0 Å². The normalized spacial score (nSPS) is 10.9. The molecule has 0 spiro atoms. The van der Waals surface area contributed by atoms with Crippen LogP contribution in [0.25, 0.3) is 0 Å². The number of aromatic nitrogens is 2. The van der Waals surface area contributed by atoms with Crippen molar-refractivity contribution in [2.75, 3.05) is 10.9 Å². The number of non-ortho nitro benzene ring substituents is 1. The fourth-order valence-electron chi connectivity index (χ4n) is 2.58. The molecule has 176 valence electrons. The minimum atomic E-state index is -4.09. The molecule has 0 aliphatic carbocycles. The van der Waals surface area contributed by atoms with Crippen LogP contribution < -0.4 is 21.1 Å². The molecular formula is C18H16N8O7S. The summed E-state index contributed by atoms with van der Waals surface area (Å²) in [5, 5.41) is 22.4. The molecule has 1 heterocycles. The molecule has 34 heavy (non-hydrogen) atoms. The third-order valence-electron chi connectivity index (χ3n) is 4.25. The second-order valence-electron chi connectivity index (χ2n) is 6.61. The van der Waals surface area contributed by atoms with Gasteiger partial charge in [-0.2, -0.15) is 0 Å². The molecule has 0 aliphatic heterocycles. The fraction of sp³-hybridized carbons (Fsp3) is 0.0556. The van der Waals surface area contributed by atoms with Gasteiger partial charge in [0.25, 0.3) is 21.6 Å². The number of carbonyl (C=O) groups is 1. The molecule has 1 amide bonds. The number of nitro benzene ring substituents is 1. The third kappa shape index (κ3) is 5.56. The van der Waals surface area contributed by atoms with Crippen molar-refractivity contribution in [1.82, 2.24) is 20.2 Å². The minimum absolute atomic E-state index is 0.0927. The smallest absolute Gasteiger partial charge is 0.286 e. The number of hydrazine groups is 2. The summed E-state index contributed by atoms with van der Waals surface area (Å²) in [4.78, 5) is 42.4. The summed E-state index contributed by atoms with van der Waals surface area (Å²) in [5.41, 5.74) is 6.17. The Bertz CT molecular complexity index is 1360. The highest BCUT2D eigenvalue weighted by Gasteiger charge is 2.25. The Labute approximate surface area is 191 Å². The molecule has 0 atom stereocenters. The van der Waals surface area contributed by atoms with Gasteiger partial charge < -0.3 is 0 Å². The van der Waals surface area contributed by atoms with Crippen LogP contribution in [0.15, 0.2) is 59.8 Å². The van der Waals surface area contributed by atoms with E-state index in [0.717, 1.165) is 18.0 Å². The number of anilines is 2. The first-order valence-corrected chi connectivity index (χ1v) is 10.7. The maximum absolute atomic E-state index is 12.4. The molecule has 0 radical (unpaired) electrons. The van der Waals surface area contributed by atoms with Crippen LogP contribution in [0, 0.1) is 27.2 Å². The van der Waals surface area contributed by atoms with E-state index in [-0.39, 0.29) is 16.1 Å². The van der Waals surface area contributed by atoms with E-state index in [1.54, 1.807) is 19.1 Å². The van der Waals surface area contributed by atoms with E-state index in [1.165, 1.54) is 30.3 Å². The van der Waals surface area contributed by atoms with Crippen molar-refractivity contribution in [2.45, 2.75) is 11.8 Å². The number of aryl methyl sites for hydroxylation is 1. The Morgan fingerprint density at radius 2 is 1.59 bits per heavy atom. The van der Waals surface area contributed by atoms with Gasteiger partial charge in [-0.3, -0.25) is 41.3 Å². The van der Waals surface area contributed by atoms with Gasteiger partial charge in [-0.15, -0.1) is 4.83 Å². The van der Waals surface area contributed by atoms with Crippen molar-refractivity contribution in [2.24, 2.45) is 0 Å². The van der Waals surface area contributed by atoms with Crippen LogP contribution in [0.4, 0.5) is 23.0 Å². The summed E-state index contributed by atoms with van der Waals surface area (Å²) in [5.74, 6) is -1.83. The van der Waals surface area contributed by atoms with E-state index in [1.807, 2.05) is 4.83 Å². The van der Waals surface area contributed by atoms with E-state index in [4.69, 9.17) is 0 Å². The Kier molecular flexibility index (Phi) is 6.93. The first-order valence-electron chi connectivity index (χ1n) is 9.23. The first kappa shape index (κ1) is 24.0. The van der Waals surface area contributed by atoms with Gasteiger partial charge in [-0.25, -0.2) is 18.4 Å². The van der Waals surface area contributed by atoms with Crippen LogP contribution in [0.5, 0.6) is 0 Å². The zero-order chi connectivity index (χ0) is 24.9. The third-order valence-corrected chi connectivity index (χ3v) is 5.52. The highest BCUT2D eigenvalue weighted by molar-refractivity contribution is 7.89. The lowest BCUT2D eigenvalue weighted by Gasteiger charge is -2.12. The Morgan fingerprint density at radius 3 is 2.21 bits per heavy atom. The molecule has 0 saturated heterocycles. The average Bonchev–Trinajstić information content (AvgIpc) is 2.81. The zero-order valence-electron chi connectivity index (χ0n) is 17.3. The van der Waals surface area contributed by atoms with Gasteiger partial charge >= 0.3 is 5.69 Å². The standard InChI is InChI=1S/C18H16N8O7S/c1-11-5-7-14(8-6-11)34(32,33)24-22-17-15(26(30)31)16(19-10-20-17)21-23-18(27)12-3-2-4-13(9-12)25(28)29/h2-10,24H,1H3,(H,23,27)(H2,19,20,21,22). The SMILES string of the molecule is Cc1ccc(S(=O)(=O)NNc2ncnc(NNC(=O)c3cccc([N+](=O)[O-])c3)c2[N+](=O)[O-])cc1. The lowest BCUT2D eigenvalue weighted by molar-refractivity contribution is -0.384. The van der Waals surface area contributed by atoms with Gasteiger partial charge in [0.05, 0.1) is 14.7 Å². The van der Waals surface area contributed by atoms with Crippen LogP contribution in [0.3, 0.4) is 0 Å². The number of hydrogen-bond donors (Lipinski definition) is 4. The predicted octanol–water partition coefficient (Wildman–Crippen LogP) is 1.66. The molecule has 3 rings (SSSR count). The molecule has 0 bridgehead atoms. The second-order valence-corrected chi connectivity index (χ2v) is 8.29. The second kappa shape index (κ2) is 9.84. The number of nitro groups is 2. The summed E-state index contributed by atoms with van der Waals surface area (Å²) in [6.45, 7) is 1.78. The molecule has 15 nitrogen and oxygen atoms in total. The number of nitrogens with zero attached hydrogens (tertiary/aromatic N) is 4. The maximum atomic E-state index is 12.4. The largest absolute Gasteiger partial charge is 0.356 e. The highest BCUT2D eigenvalue weighted by atomic mass is 32.2. The van der Waals surface area contributed by atoms with E-state index in [2.05, 4.69) is 26.2 Å². The van der Waals surface area contributed by atoms with E-state index in [9.17, 15) is 33.4 Å². The topological polar surface area (TPSA) is 211 Å². The van der Waals surface area contributed by atoms with Crippen LogP contribution in [-0.4, -0.2) is 34.1 Å². The number of sulfonamides is 1. The Hall–Kier alpha value is -4.70. The molecule has 0 aliphatic rings. The van der Waals surface area contributed by atoms with Crippen molar-refractivity contribution >= 4 is 38.9 Å². The average molecular weight is 488 g/mol. The number of nitrogens with one attached hydrogen (secondary N) is 4. The maximum Gasteiger partial charge on any atom is 0.356 e. The van der Waals surface area contributed by atoms with Crippen molar-refractivity contribution in [3.8, 4) is 0 Å².